The van der Waals surface area contributed by atoms with E-state index in [1.807, 2.05) is 19.1 Å². The Bertz CT molecular complexity index is 1210. The molecule has 0 aliphatic rings. The van der Waals surface area contributed by atoms with E-state index in [2.05, 4.69) is 53.7 Å². The van der Waals surface area contributed by atoms with Crippen molar-refractivity contribution in [3.05, 3.63) is 45.6 Å². The lowest BCUT2D eigenvalue weighted by molar-refractivity contribution is -0.925. The molecule has 0 radical (unpaired) electrons. The van der Waals surface area contributed by atoms with Crippen molar-refractivity contribution < 1.29 is 28.2 Å². The maximum atomic E-state index is 11.2. The predicted octanol–water partition coefficient (Wildman–Crippen LogP) is 7.69. The van der Waals surface area contributed by atoms with Crippen LogP contribution in [-0.4, -0.2) is 103 Å². The zero-order chi connectivity index (χ0) is 32.9. The van der Waals surface area contributed by atoms with Gasteiger partial charge in [-0.2, -0.15) is 10.2 Å². The lowest BCUT2D eigenvalue weighted by atomic mass is 10.1. The van der Waals surface area contributed by atoms with E-state index in [9.17, 15) is 4.79 Å². The molecule has 1 aromatic heterocycles. The Morgan fingerprint density at radius 2 is 1.51 bits per heavy atom. The summed E-state index contributed by atoms with van der Waals surface area (Å²) in [5.41, 5.74) is 3.82. The number of likely N-dealkylation sites (N-methyl/N-ethyl adjacent to an activating group) is 2. The van der Waals surface area contributed by atoms with Gasteiger partial charge < -0.3 is 28.3 Å². The number of anilines is 1. The number of thiophene rings is 1. The Hall–Kier alpha value is -2.72. The monoisotopic (exact) mass is 644 g/mol. The molecule has 0 bridgehead atoms. The Balaban J connectivity index is 1.60. The quantitative estimate of drug-likeness (QED) is 0.0362. The van der Waals surface area contributed by atoms with Crippen molar-refractivity contribution in [2.24, 2.45) is 10.2 Å². The Labute approximate surface area is 274 Å². The Kier molecular flexibility index (Phi) is 18.7. The number of nitrogens with zero attached hydrogens (tertiary/aromatic N) is 5. The molecule has 1 aromatic carbocycles. The highest BCUT2D eigenvalue weighted by molar-refractivity contribution is 7.18. The van der Waals surface area contributed by atoms with Crippen LogP contribution in [0.5, 0.6) is 0 Å². The number of hydrogen-bond acceptors (Lipinski definition) is 9. The molecule has 0 atom stereocenters. The SMILES string of the molecule is [C-]#[N+]c1c(N=Nc2ccc(N(CC)CCOCCOCCOCCOCC[N+](CC)(CC)CCCC)cc2C)sc(C=O)c1C. The molecule has 0 aliphatic heterocycles. The lowest BCUT2D eigenvalue weighted by Crippen LogP contribution is -2.50. The highest BCUT2D eigenvalue weighted by atomic mass is 32.1. The summed E-state index contributed by atoms with van der Waals surface area (Å²) in [6.45, 7) is 31.0. The van der Waals surface area contributed by atoms with E-state index < -0.39 is 0 Å². The van der Waals surface area contributed by atoms with Crippen molar-refractivity contribution >= 4 is 39.7 Å². The number of benzene rings is 1. The minimum Gasteiger partial charge on any atom is -0.377 e. The fourth-order valence-corrected chi connectivity index (χ4v) is 5.88. The van der Waals surface area contributed by atoms with E-state index in [0.717, 1.165) is 67.0 Å². The van der Waals surface area contributed by atoms with E-state index in [4.69, 9.17) is 25.5 Å². The van der Waals surface area contributed by atoms with Crippen LogP contribution in [-0.2, 0) is 18.9 Å². The molecule has 0 fully saturated rings. The standard InChI is InChI=1S/C34H54N5O5S/c1-8-12-16-39(10-3,11-4)17-19-42-21-23-44-25-24-43-22-20-41-18-15-38(9-2)30-13-14-31(28(5)26-30)36-37-34-33(35-7)29(6)32(27-40)45-34/h13-14,26-27H,8-12,15-25H2,1-6H3/q+1. The molecule has 0 saturated heterocycles. The van der Waals surface area contributed by atoms with Crippen molar-refractivity contribution in [3.8, 4) is 0 Å². The largest absolute Gasteiger partial charge is 0.377 e. The normalized spacial score (nSPS) is 11.8. The number of hydrogen-bond donors (Lipinski definition) is 0. The van der Waals surface area contributed by atoms with Gasteiger partial charge in [0.2, 0.25) is 5.69 Å². The molecule has 45 heavy (non-hydrogen) atoms. The molecular formula is C34H54N5O5S+. The highest BCUT2D eigenvalue weighted by Gasteiger charge is 2.22. The van der Waals surface area contributed by atoms with Gasteiger partial charge in [0.05, 0.1) is 89.6 Å². The van der Waals surface area contributed by atoms with E-state index in [1.54, 1.807) is 6.92 Å². The summed E-state index contributed by atoms with van der Waals surface area (Å²) in [6.07, 6.45) is 3.27. The molecule has 250 valence electrons. The Morgan fingerprint density at radius 1 is 0.889 bits per heavy atom. The molecule has 0 spiro atoms. The van der Waals surface area contributed by atoms with Gasteiger partial charge in [0.25, 0.3) is 0 Å². The van der Waals surface area contributed by atoms with Crippen molar-refractivity contribution in [1.29, 1.82) is 0 Å². The summed E-state index contributed by atoms with van der Waals surface area (Å²) < 4.78 is 24.1. The number of ether oxygens (including phenoxy) is 4. The summed E-state index contributed by atoms with van der Waals surface area (Å²) in [7, 11) is 0. The van der Waals surface area contributed by atoms with Gasteiger partial charge in [-0.3, -0.25) is 4.79 Å². The van der Waals surface area contributed by atoms with Crippen LogP contribution >= 0.6 is 11.3 Å². The maximum absolute atomic E-state index is 11.2. The summed E-state index contributed by atoms with van der Waals surface area (Å²) in [4.78, 5) is 17.5. The average molecular weight is 645 g/mol. The first-order valence-corrected chi connectivity index (χ1v) is 17.1. The number of aldehydes is 1. The molecule has 0 saturated carbocycles. The second-order valence-corrected chi connectivity index (χ2v) is 12.0. The zero-order valence-corrected chi connectivity index (χ0v) is 29.1. The van der Waals surface area contributed by atoms with E-state index in [1.165, 1.54) is 30.7 Å². The van der Waals surface area contributed by atoms with Gasteiger partial charge in [-0.1, -0.05) is 13.3 Å². The average Bonchev–Trinajstić information content (AvgIpc) is 3.37. The van der Waals surface area contributed by atoms with E-state index in [0.29, 0.717) is 67.4 Å². The molecule has 0 amide bonds. The Morgan fingerprint density at radius 3 is 2.04 bits per heavy atom. The third-order valence-corrected chi connectivity index (χ3v) is 9.28. The first-order valence-electron chi connectivity index (χ1n) is 16.3. The second kappa shape index (κ2) is 21.9. The molecule has 1 heterocycles. The predicted molar refractivity (Wildman–Crippen MR) is 183 cm³/mol. The topological polar surface area (TPSA) is 86.3 Å². The van der Waals surface area contributed by atoms with E-state index in [-0.39, 0.29) is 0 Å². The van der Waals surface area contributed by atoms with Crippen molar-refractivity contribution in [2.75, 3.05) is 97.0 Å². The van der Waals surface area contributed by atoms with Gasteiger partial charge in [0.1, 0.15) is 11.5 Å². The second-order valence-electron chi connectivity index (χ2n) is 10.9. The number of carbonyl (C=O) groups is 1. The summed E-state index contributed by atoms with van der Waals surface area (Å²) in [5, 5.41) is 9.10. The van der Waals surface area contributed by atoms with Gasteiger partial charge in [-0.25, -0.2) is 4.85 Å². The summed E-state index contributed by atoms with van der Waals surface area (Å²) in [5.74, 6) is 0. The first-order chi connectivity index (χ1) is 21.9. The minimum atomic E-state index is 0.384. The molecule has 10 nitrogen and oxygen atoms in total. The summed E-state index contributed by atoms with van der Waals surface area (Å²) >= 11 is 1.19. The number of carbonyl (C=O) groups excluding carboxylic acids is 1. The van der Waals surface area contributed by atoms with Gasteiger partial charge in [0.15, 0.2) is 6.29 Å². The number of quaternary nitrogens is 1. The van der Waals surface area contributed by atoms with Crippen LogP contribution in [0.4, 0.5) is 22.1 Å². The van der Waals surface area contributed by atoms with Crippen LogP contribution in [0.15, 0.2) is 28.4 Å². The molecule has 0 N–H and O–H groups in total. The molecule has 11 heteroatoms. The highest BCUT2D eigenvalue weighted by Crippen LogP contribution is 2.42. The molecule has 2 rings (SSSR count). The van der Waals surface area contributed by atoms with Gasteiger partial charge in [0, 0.05) is 18.8 Å². The molecule has 2 aromatic rings. The number of aryl methyl sites for hydroxylation is 1. The summed E-state index contributed by atoms with van der Waals surface area (Å²) in [6, 6.07) is 6.02. The van der Waals surface area contributed by atoms with Crippen LogP contribution in [0, 0.1) is 20.4 Å². The molecule has 0 unspecified atom stereocenters. The fourth-order valence-electron chi connectivity index (χ4n) is 4.99. The van der Waals surface area contributed by atoms with Crippen molar-refractivity contribution in [1.82, 2.24) is 0 Å². The van der Waals surface area contributed by atoms with Crippen LogP contribution < -0.4 is 4.90 Å². The third kappa shape index (κ3) is 12.9. The van der Waals surface area contributed by atoms with Crippen molar-refractivity contribution in [2.45, 2.75) is 54.4 Å². The van der Waals surface area contributed by atoms with Gasteiger partial charge in [-0.15, -0.1) is 11.3 Å². The minimum absolute atomic E-state index is 0.384. The third-order valence-electron chi connectivity index (χ3n) is 8.19. The van der Waals surface area contributed by atoms with Crippen LogP contribution in [0.1, 0.15) is 61.3 Å². The number of azo groups is 1. The first kappa shape index (κ1) is 38.5. The zero-order valence-electron chi connectivity index (χ0n) is 28.3. The molecular weight excluding hydrogens is 590 g/mol. The fraction of sp³-hybridized carbons (Fsp3) is 0.647. The smallest absolute Gasteiger partial charge is 0.228 e. The maximum Gasteiger partial charge on any atom is 0.228 e. The van der Waals surface area contributed by atoms with Gasteiger partial charge in [-0.05, 0) is 70.4 Å². The van der Waals surface area contributed by atoms with Crippen LogP contribution in [0.3, 0.4) is 0 Å². The van der Waals surface area contributed by atoms with Crippen LogP contribution in [0.25, 0.3) is 4.85 Å². The molecule has 0 aliphatic carbocycles. The number of unbranched alkanes of at least 4 members (excludes halogenated alkanes) is 1. The van der Waals surface area contributed by atoms with Gasteiger partial charge >= 0.3 is 0 Å². The van der Waals surface area contributed by atoms with Crippen LogP contribution in [0.2, 0.25) is 0 Å². The lowest BCUT2D eigenvalue weighted by Gasteiger charge is -2.36. The van der Waals surface area contributed by atoms with Crippen molar-refractivity contribution in [3.63, 3.8) is 0 Å². The number of rotatable bonds is 25. The van der Waals surface area contributed by atoms with E-state index >= 15 is 0 Å².